The van der Waals surface area contributed by atoms with Crippen LogP contribution in [-0.4, -0.2) is 38.2 Å². The summed E-state index contributed by atoms with van der Waals surface area (Å²) < 4.78 is 0. The van der Waals surface area contributed by atoms with Crippen molar-refractivity contribution in [1.29, 1.82) is 0 Å². The number of carbonyl (C=O) groups is 2. The Morgan fingerprint density at radius 2 is 1.93 bits per heavy atom. The summed E-state index contributed by atoms with van der Waals surface area (Å²) in [6.45, 7) is 4.91. The van der Waals surface area contributed by atoms with Crippen LogP contribution in [0.4, 0.5) is 0 Å². The third kappa shape index (κ3) is 3.23. The van der Waals surface area contributed by atoms with E-state index in [2.05, 4.69) is 15.0 Å². The molecule has 27 heavy (non-hydrogen) atoms. The van der Waals surface area contributed by atoms with E-state index < -0.39 is 5.91 Å². The van der Waals surface area contributed by atoms with Crippen LogP contribution in [0.15, 0.2) is 24.3 Å². The van der Waals surface area contributed by atoms with Crippen LogP contribution < -0.4 is 5.73 Å². The fourth-order valence-corrected chi connectivity index (χ4v) is 4.16. The predicted molar refractivity (Wildman–Crippen MR) is 103 cm³/mol. The van der Waals surface area contributed by atoms with E-state index in [4.69, 9.17) is 5.73 Å². The number of hydrogen-bond acceptors (Lipinski definition) is 5. The van der Waals surface area contributed by atoms with Crippen LogP contribution in [0.5, 0.6) is 0 Å². The summed E-state index contributed by atoms with van der Waals surface area (Å²) >= 11 is 1.44. The Bertz CT molecular complexity index is 1040. The molecule has 8 heteroatoms. The van der Waals surface area contributed by atoms with Gasteiger partial charge in [-0.05, 0) is 26.0 Å². The third-order valence-corrected chi connectivity index (χ3v) is 5.72. The van der Waals surface area contributed by atoms with Crippen LogP contribution >= 0.6 is 11.3 Å². The van der Waals surface area contributed by atoms with Crippen LogP contribution in [0, 0.1) is 13.8 Å². The van der Waals surface area contributed by atoms with Gasteiger partial charge in [0.1, 0.15) is 10.7 Å². The summed E-state index contributed by atoms with van der Waals surface area (Å²) in [5.41, 5.74) is 9.33. The summed E-state index contributed by atoms with van der Waals surface area (Å²) in [7, 11) is 0. The smallest absolute Gasteiger partial charge is 0.266 e. The van der Waals surface area contributed by atoms with Gasteiger partial charge in [0.05, 0.1) is 28.6 Å². The molecule has 2 aromatic heterocycles. The molecule has 4 rings (SSSR count). The number of primary amides is 1. The molecule has 0 radical (unpaired) electrons. The lowest BCUT2D eigenvalue weighted by atomic mass is 10.1. The fraction of sp³-hybridized carbons (Fsp3) is 0.263. The van der Waals surface area contributed by atoms with Crippen LogP contribution in [0.3, 0.4) is 0 Å². The van der Waals surface area contributed by atoms with Gasteiger partial charge in [0.25, 0.3) is 5.91 Å². The number of aromatic amines is 1. The van der Waals surface area contributed by atoms with E-state index in [-0.39, 0.29) is 5.91 Å². The van der Waals surface area contributed by atoms with Crippen molar-refractivity contribution in [2.45, 2.75) is 26.8 Å². The number of hydrogen-bond donors (Lipinski definition) is 2. The minimum atomic E-state index is -0.456. The lowest BCUT2D eigenvalue weighted by molar-refractivity contribution is 0.0735. The summed E-state index contributed by atoms with van der Waals surface area (Å²) in [6, 6.07) is 7.00. The molecule has 138 valence electrons. The maximum Gasteiger partial charge on any atom is 0.266 e. The highest BCUT2D eigenvalue weighted by Gasteiger charge is 2.27. The van der Waals surface area contributed by atoms with Crippen molar-refractivity contribution in [2.24, 2.45) is 5.73 Å². The van der Waals surface area contributed by atoms with E-state index in [1.807, 2.05) is 30.9 Å². The number of aryl methyl sites for hydroxylation is 2. The first kappa shape index (κ1) is 17.4. The average Bonchev–Trinajstić information content (AvgIpc) is 3.23. The standard InChI is InChI=1S/C19H19N5O2S/c1-10-16(27-11(2)21-10)19(26)24-8-7-14-15(9-24)23-18(22-14)13-5-3-12(4-6-13)17(20)25/h3-6H,7-9H2,1-2H3,(H2,20,25)(H,22,23). The van der Waals surface area contributed by atoms with Crippen molar-refractivity contribution >= 4 is 23.2 Å². The normalized spacial score (nSPS) is 13.5. The van der Waals surface area contributed by atoms with Gasteiger partial charge >= 0.3 is 0 Å². The van der Waals surface area contributed by atoms with E-state index in [0.717, 1.165) is 33.5 Å². The maximum atomic E-state index is 12.8. The van der Waals surface area contributed by atoms with E-state index in [9.17, 15) is 9.59 Å². The van der Waals surface area contributed by atoms with Crippen LogP contribution in [0.2, 0.25) is 0 Å². The molecular weight excluding hydrogens is 362 g/mol. The molecule has 2 amide bonds. The summed E-state index contributed by atoms with van der Waals surface area (Å²) in [5.74, 6) is 0.295. The first-order valence-corrected chi connectivity index (χ1v) is 9.45. The Labute approximate surface area is 160 Å². The van der Waals surface area contributed by atoms with Crippen LogP contribution in [0.1, 0.15) is 42.1 Å². The van der Waals surface area contributed by atoms with Gasteiger partial charge in [0.2, 0.25) is 5.91 Å². The molecule has 3 N–H and O–H groups in total. The second kappa shape index (κ2) is 6.62. The number of thiazole rings is 1. The van der Waals surface area contributed by atoms with E-state index in [1.165, 1.54) is 11.3 Å². The van der Waals surface area contributed by atoms with E-state index in [1.54, 1.807) is 12.1 Å². The van der Waals surface area contributed by atoms with Crippen molar-refractivity contribution in [3.8, 4) is 11.4 Å². The Morgan fingerprint density at radius 1 is 1.19 bits per heavy atom. The van der Waals surface area contributed by atoms with Gasteiger partial charge in [-0.15, -0.1) is 11.3 Å². The number of carbonyl (C=O) groups excluding carboxylic acids is 2. The Balaban J connectivity index is 1.56. The van der Waals surface area contributed by atoms with E-state index >= 15 is 0 Å². The van der Waals surface area contributed by atoms with Crippen LogP contribution in [0.25, 0.3) is 11.4 Å². The number of rotatable bonds is 3. The summed E-state index contributed by atoms with van der Waals surface area (Å²) in [5, 5.41) is 0.900. The Hall–Kier alpha value is -3.00. The topological polar surface area (TPSA) is 105 Å². The van der Waals surface area contributed by atoms with Gasteiger partial charge in [0, 0.05) is 24.1 Å². The predicted octanol–water partition coefficient (Wildman–Crippen LogP) is 2.45. The van der Waals surface area contributed by atoms with Gasteiger partial charge in [-0.25, -0.2) is 9.97 Å². The largest absolute Gasteiger partial charge is 0.366 e. The zero-order valence-electron chi connectivity index (χ0n) is 15.1. The fourth-order valence-electron chi connectivity index (χ4n) is 3.27. The van der Waals surface area contributed by atoms with Crippen molar-refractivity contribution in [2.75, 3.05) is 6.54 Å². The van der Waals surface area contributed by atoms with Crippen molar-refractivity contribution in [3.63, 3.8) is 0 Å². The van der Waals surface area contributed by atoms with Gasteiger partial charge in [-0.1, -0.05) is 12.1 Å². The number of nitrogens with two attached hydrogens (primary N) is 1. The molecule has 0 saturated carbocycles. The molecule has 1 aromatic carbocycles. The van der Waals surface area contributed by atoms with Gasteiger partial charge in [0.15, 0.2) is 0 Å². The summed E-state index contributed by atoms with van der Waals surface area (Å²) in [6.07, 6.45) is 0.702. The number of aromatic nitrogens is 3. The lowest BCUT2D eigenvalue weighted by Gasteiger charge is -2.25. The first-order chi connectivity index (χ1) is 12.9. The highest BCUT2D eigenvalue weighted by molar-refractivity contribution is 7.13. The molecule has 0 aliphatic carbocycles. The molecule has 3 aromatic rings. The highest BCUT2D eigenvalue weighted by Crippen LogP contribution is 2.26. The maximum absolute atomic E-state index is 12.8. The molecule has 0 atom stereocenters. The zero-order valence-corrected chi connectivity index (χ0v) is 15.9. The van der Waals surface area contributed by atoms with Gasteiger partial charge in [-0.3, -0.25) is 9.59 Å². The molecule has 0 spiro atoms. The molecule has 0 fully saturated rings. The number of H-pyrrole nitrogens is 1. The molecule has 1 aliphatic rings. The van der Waals surface area contributed by atoms with Crippen molar-refractivity contribution < 1.29 is 9.59 Å². The molecule has 0 saturated heterocycles. The zero-order chi connectivity index (χ0) is 19.1. The number of amides is 2. The second-order valence-corrected chi connectivity index (χ2v) is 7.78. The van der Waals surface area contributed by atoms with Crippen molar-refractivity contribution in [1.82, 2.24) is 19.9 Å². The third-order valence-electron chi connectivity index (χ3n) is 4.66. The SMILES string of the molecule is Cc1nc(C)c(C(=O)N2CCc3nc(-c4ccc(C(N)=O)cc4)[nH]c3C2)s1. The quantitative estimate of drug-likeness (QED) is 0.727. The number of benzene rings is 1. The molecule has 0 bridgehead atoms. The minimum Gasteiger partial charge on any atom is -0.366 e. The Kier molecular flexibility index (Phi) is 4.27. The average molecular weight is 381 g/mol. The van der Waals surface area contributed by atoms with Crippen molar-refractivity contribution in [3.05, 3.63) is 56.8 Å². The number of nitrogens with zero attached hydrogens (tertiary/aromatic N) is 3. The Morgan fingerprint density at radius 3 is 2.56 bits per heavy atom. The summed E-state index contributed by atoms with van der Waals surface area (Å²) in [4.78, 5) is 38.9. The molecular formula is C19H19N5O2S. The minimum absolute atomic E-state index is 0.0192. The molecule has 1 aliphatic heterocycles. The monoisotopic (exact) mass is 381 g/mol. The number of imidazole rings is 1. The first-order valence-electron chi connectivity index (χ1n) is 8.63. The molecule has 0 unspecified atom stereocenters. The molecule has 7 nitrogen and oxygen atoms in total. The van der Waals surface area contributed by atoms with Gasteiger partial charge in [-0.2, -0.15) is 0 Å². The second-order valence-electron chi connectivity index (χ2n) is 6.58. The highest BCUT2D eigenvalue weighted by atomic mass is 32.1. The number of fused-ring (bicyclic) bond motifs is 1. The number of nitrogens with one attached hydrogen (secondary N) is 1. The van der Waals surface area contributed by atoms with Crippen LogP contribution in [-0.2, 0) is 13.0 Å². The van der Waals surface area contributed by atoms with E-state index in [0.29, 0.717) is 30.0 Å². The van der Waals surface area contributed by atoms with Gasteiger partial charge < -0.3 is 15.6 Å². The lowest BCUT2D eigenvalue weighted by Crippen LogP contribution is -2.35. The molecule has 3 heterocycles.